The summed E-state index contributed by atoms with van der Waals surface area (Å²) < 4.78 is 0. The fourth-order valence-corrected chi connectivity index (χ4v) is 4.48. The highest BCUT2D eigenvalue weighted by Crippen LogP contribution is 2.11. The number of carbonyl (C=O) groups is 1. The fraction of sp³-hybridized carbons (Fsp3) is 0.694. The molecule has 4 N–H and O–H groups in total. The lowest BCUT2D eigenvalue weighted by Crippen LogP contribution is -2.45. The number of aliphatic hydroxyl groups excluding tert-OH is 3. The van der Waals surface area contributed by atoms with Crippen molar-refractivity contribution in [2.24, 2.45) is 0 Å². The first kappa shape index (κ1) is 39.0. The summed E-state index contributed by atoms with van der Waals surface area (Å²) in [7, 11) is 0. The van der Waals surface area contributed by atoms with Crippen molar-refractivity contribution in [1.82, 2.24) is 5.32 Å². The van der Waals surface area contributed by atoms with Gasteiger partial charge in [0.25, 0.3) is 0 Å². The number of carbonyl (C=O) groups excluding carboxylic acids is 1. The summed E-state index contributed by atoms with van der Waals surface area (Å²) in [4.78, 5) is 12.2. The third-order valence-corrected chi connectivity index (χ3v) is 7.05. The van der Waals surface area contributed by atoms with E-state index in [0.717, 1.165) is 64.2 Å². The van der Waals surface area contributed by atoms with Crippen molar-refractivity contribution >= 4 is 5.91 Å². The van der Waals surface area contributed by atoms with Gasteiger partial charge in [-0.2, -0.15) is 0 Å². The maximum Gasteiger partial charge on any atom is 0.220 e. The van der Waals surface area contributed by atoms with E-state index in [0.29, 0.717) is 6.42 Å². The molecule has 41 heavy (non-hydrogen) atoms. The van der Waals surface area contributed by atoms with E-state index < -0.39 is 12.1 Å². The molecule has 0 saturated carbocycles. The van der Waals surface area contributed by atoms with Crippen LogP contribution in [0.15, 0.2) is 60.8 Å². The zero-order chi connectivity index (χ0) is 30.2. The zero-order valence-electron chi connectivity index (χ0n) is 26.4. The Bertz CT molecular complexity index is 725. The third-order valence-electron chi connectivity index (χ3n) is 7.05. The van der Waals surface area contributed by atoms with Gasteiger partial charge in [-0.15, -0.1) is 0 Å². The number of aliphatic hydroxyl groups is 3. The molecule has 3 atom stereocenters. The van der Waals surface area contributed by atoms with Gasteiger partial charge in [-0.1, -0.05) is 132 Å². The van der Waals surface area contributed by atoms with E-state index >= 15 is 0 Å². The van der Waals surface area contributed by atoms with Crippen molar-refractivity contribution in [3.05, 3.63) is 60.8 Å². The molecular weight excluding hydrogens is 510 g/mol. The average molecular weight is 574 g/mol. The van der Waals surface area contributed by atoms with Gasteiger partial charge in [0.05, 0.1) is 24.9 Å². The van der Waals surface area contributed by atoms with Crippen LogP contribution in [0.2, 0.25) is 0 Å². The molecule has 0 aromatic carbocycles. The Morgan fingerprint density at radius 1 is 0.659 bits per heavy atom. The van der Waals surface area contributed by atoms with Gasteiger partial charge >= 0.3 is 0 Å². The van der Waals surface area contributed by atoms with Gasteiger partial charge in [0.15, 0.2) is 0 Å². The monoisotopic (exact) mass is 573 g/mol. The second-order valence-electron chi connectivity index (χ2n) is 11.1. The highest BCUT2D eigenvalue weighted by atomic mass is 16.3. The van der Waals surface area contributed by atoms with Crippen molar-refractivity contribution in [2.75, 3.05) is 6.61 Å². The summed E-state index contributed by atoms with van der Waals surface area (Å²) >= 11 is 0. The van der Waals surface area contributed by atoms with Crippen molar-refractivity contribution in [3.8, 4) is 0 Å². The molecule has 236 valence electrons. The molecule has 0 aromatic rings. The standard InChI is InChI=1S/C36H63NO4/c1-3-5-6-7-8-9-13-17-20-23-26-30-35(40)34(32-38)37-36(41)31-27-24-21-18-15-12-10-11-14-16-19-22-25-29-33(39)28-4-2/h10,12,14,16,18,21-22,25-26,30,33-35,38-40H,3-9,11,13,15,17,19-20,23-24,27-29,31-32H2,1-2H3,(H,37,41)/b12-10-,16-14-,21-18-,25-22-,30-26+/t33?,34-,35+/m0/s1. The molecular formula is C36H63NO4. The van der Waals surface area contributed by atoms with E-state index in [1.807, 2.05) is 6.08 Å². The van der Waals surface area contributed by atoms with E-state index in [1.54, 1.807) is 6.08 Å². The van der Waals surface area contributed by atoms with Gasteiger partial charge in [-0.05, 0) is 57.8 Å². The van der Waals surface area contributed by atoms with E-state index in [9.17, 15) is 20.1 Å². The maximum absolute atomic E-state index is 12.2. The number of amides is 1. The number of hydrogen-bond donors (Lipinski definition) is 4. The SMILES string of the molecule is CCCCCCCCCCC/C=C/[C@@H](O)[C@H](CO)NC(=O)CCC/C=C\C/C=C\C/C=C\C/C=C\CC(O)CCC. The van der Waals surface area contributed by atoms with Gasteiger partial charge in [0, 0.05) is 6.42 Å². The Kier molecular flexibility index (Phi) is 29.5. The van der Waals surface area contributed by atoms with Crippen LogP contribution in [0, 0.1) is 0 Å². The molecule has 5 heteroatoms. The molecule has 0 aliphatic heterocycles. The Morgan fingerprint density at radius 3 is 1.78 bits per heavy atom. The summed E-state index contributed by atoms with van der Waals surface area (Å²) in [6.45, 7) is 4.05. The number of allylic oxidation sites excluding steroid dienone is 8. The van der Waals surface area contributed by atoms with Crippen molar-refractivity contribution < 1.29 is 20.1 Å². The van der Waals surface area contributed by atoms with Gasteiger partial charge in [0.2, 0.25) is 5.91 Å². The average Bonchev–Trinajstić information content (AvgIpc) is 2.96. The van der Waals surface area contributed by atoms with Crippen LogP contribution in [0.3, 0.4) is 0 Å². The van der Waals surface area contributed by atoms with Gasteiger partial charge in [-0.3, -0.25) is 4.79 Å². The number of hydrogen-bond acceptors (Lipinski definition) is 4. The zero-order valence-corrected chi connectivity index (χ0v) is 26.4. The summed E-state index contributed by atoms with van der Waals surface area (Å²) in [6.07, 6.45) is 39.3. The Labute approximate surface area is 252 Å². The summed E-state index contributed by atoms with van der Waals surface area (Å²) in [5, 5.41) is 32.4. The summed E-state index contributed by atoms with van der Waals surface area (Å²) in [6, 6.07) is -0.661. The van der Waals surface area contributed by atoms with Crippen LogP contribution in [-0.4, -0.2) is 46.1 Å². The second-order valence-corrected chi connectivity index (χ2v) is 11.1. The summed E-state index contributed by atoms with van der Waals surface area (Å²) in [5.74, 6) is -0.137. The van der Waals surface area contributed by atoms with Crippen LogP contribution < -0.4 is 5.32 Å². The molecule has 0 aromatic heterocycles. The quantitative estimate of drug-likeness (QED) is 0.0559. The largest absolute Gasteiger partial charge is 0.394 e. The lowest BCUT2D eigenvalue weighted by Gasteiger charge is -2.19. The van der Waals surface area contributed by atoms with Gasteiger partial charge < -0.3 is 20.6 Å². The topological polar surface area (TPSA) is 89.8 Å². The van der Waals surface area contributed by atoms with E-state index in [2.05, 4.69) is 67.8 Å². The number of nitrogens with one attached hydrogen (secondary N) is 1. The van der Waals surface area contributed by atoms with E-state index in [4.69, 9.17) is 0 Å². The molecule has 5 nitrogen and oxygen atoms in total. The Morgan fingerprint density at radius 2 is 1.20 bits per heavy atom. The highest BCUT2D eigenvalue weighted by molar-refractivity contribution is 5.76. The van der Waals surface area contributed by atoms with Crippen LogP contribution in [0.25, 0.3) is 0 Å². The first-order valence-electron chi connectivity index (χ1n) is 16.6. The van der Waals surface area contributed by atoms with Crippen molar-refractivity contribution in [2.45, 2.75) is 154 Å². The van der Waals surface area contributed by atoms with Crippen LogP contribution >= 0.6 is 0 Å². The minimum Gasteiger partial charge on any atom is -0.394 e. The summed E-state index contributed by atoms with van der Waals surface area (Å²) in [5.41, 5.74) is 0. The Balaban J connectivity index is 3.85. The molecule has 0 heterocycles. The first-order valence-corrected chi connectivity index (χ1v) is 16.6. The lowest BCUT2D eigenvalue weighted by molar-refractivity contribution is -0.122. The number of rotatable bonds is 28. The molecule has 0 saturated heterocycles. The third kappa shape index (κ3) is 28.0. The predicted molar refractivity (Wildman–Crippen MR) is 176 cm³/mol. The molecule has 0 aliphatic carbocycles. The lowest BCUT2D eigenvalue weighted by atomic mass is 10.1. The molecule has 0 rings (SSSR count). The number of unbranched alkanes of at least 4 members (excludes halogenated alkanes) is 10. The smallest absolute Gasteiger partial charge is 0.220 e. The van der Waals surface area contributed by atoms with E-state index in [1.165, 1.54) is 51.4 Å². The van der Waals surface area contributed by atoms with Crippen LogP contribution in [0.5, 0.6) is 0 Å². The second kappa shape index (κ2) is 31.0. The highest BCUT2D eigenvalue weighted by Gasteiger charge is 2.17. The molecule has 0 bridgehead atoms. The molecule has 1 amide bonds. The van der Waals surface area contributed by atoms with Crippen molar-refractivity contribution in [1.29, 1.82) is 0 Å². The molecule has 0 fully saturated rings. The molecule has 0 radical (unpaired) electrons. The fourth-order valence-electron chi connectivity index (χ4n) is 4.48. The van der Waals surface area contributed by atoms with Gasteiger partial charge in [0.1, 0.15) is 0 Å². The normalized spacial score (nSPS) is 14.8. The van der Waals surface area contributed by atoms with Crippen LogP contribution in [0.4, 0.5) is 0 Å². The molecule has 0 aliphatic rings. The van der Waals surface area contributed by atoms with E-state index in [-0.39, 0.29) is 18.6 Å². The Hall–Kier alpha value is -1.95. The van der Waals surface area contributed by atoms with Crippen LogP contribution in [-0.2, 0) is 4.79 Å². The first-order chi connectivity index (χ1) is 20.0. The predicted octanol–water partition coefficient (Wildman–Crippen LogP) is 8.42. The van der Waals surface area contributed by atoms with Crippen LogP contribution in [0.1, 0.15) is 136 Å². The maximum atomic E-state index is 12.2. The minimum atomic E-state index is -0.870. The molecule has 0 spiro atoms. The minimum absolute atomic E-state index is 0.137. The van der Waals surface area contributed by atoms with Crippen molar-refractivity contribution in [3.63, 3.8) is 0 Å². The van der Waals surface area contributed by atoms with Gasteiger partial charge in [-0.25, -0.2) is 0 Å². The molecule has 1 unspecified atom stereocenters.